The van der Waals surface area contributed by atoms with Gasteiger partial charge in [-0.05, 0) is 129 Å². The smallest absolute Gasteiger partial charge is 0.159 e. The maximum atomic E-state index is 6.70. The molecule has 0 fully saturated rings. The fraction of sp³-hybridized carbons (Fsp3) is 0. The summed E-state index contributed by atoms with van der Waals surface area (Å²) >= 11 is 1.86. The Morgan fingerprint density at radius 1 is 0.274 bits per heavy atom. The Labute approximate surface area is 424 Å². The molecule has 0 saturated carbocycles. The third-order valence-corrected chi connectivity index (χ3v) is 15.8. The zero-order chi connectivity index (χ0) is 48.0. The first-order valence-corrected chi connectivity index (χ1v) is 25.5. The molecule has 0 amide bonds. The summed E-state index contributed by atoms with van der Waals surface area (Å²) in [5, 5.41) is 11.8. The van der Waals surface area contributed by atoms with Crippen molar-refractivity contribution in [2.75, 3.05) is 9.80 Å². The second-order valence-corrected chi connectivity index (χ2v) is 19.9. The molecule has 0 spiro atoms. The average Bonchev–Trinajstić information content (AvgIpc) is 4.17. The molecule has 0 N–H and O–H groups in total. The van der Waals surface area contributed by atoms with Gasteiger partial charge in [0.05, 0.1) is 11.4 Å². The summed E-state index contributed by atoms with van der Waals surface area (Å²) in [6, 6.07) is 91.5. The standard InChI is InChI=1S/C68H42N2O2S/c1-3-13-43(14-4-1)45-25-31-49(32-26-45)69(59-21-11-19-57-55-17-7-9-23-61(55)71-67(57)59)51-35-37-53-47(41-51)29-39-63-65(53)66-54-38-36-52(42-48(54)30-40-64(66)73-63)70(50-33-27-46(28-34-50)44-15-5-2-6-16-44)60-22-12-20-58-56-18-8-10-24-62(56)72-68(58)60/h1-42H. The highest BCUT2D eigenvalue weighted by Gasteiger charge is 2.23. The fourth-order valence-corrected chi connectivity index (χ4v) is 12.4. The van der Waals surface area contributed by atoms with Crippen LogP contribution in [-0.4, -0.2) is 0 Å². The highest BCUT2D eigenvalue weighted by atomic mass is 32.1. The zero-order valence-corrected chi connectivity index (χ0v) is 40.2. The summed E-state index contributed by atoms with van der Waals surface area (Å²) in [6.07, 6.45) is 0. The minimum atomic E-state index is 0.859. The van der Waals surface area contributed by atoms with E-state index < -0.39 is 0 Å². The first-order valence-electron chi connectivity index (χ1n) is 24.7. The van der Waals surface area contributed by atoms with Gasteiger partial charge in [0.2, 0.25) is 0 Å². The zero-order valence-electron chi connectivity index (χ0n) is 39.4. The molecule has 0 radical (unpaired) electrons. The number of para-hydroxylation sites is 4. The number of benzene rings is 12. The van der Waals surface area contributed by atoms with Crippen molar-refractivity contribution in [3.8, 4) is 22.3 Å². The van der Waals surface area contributed by atoms with Crippen molar-refractivity contribution in [1.82, 2.24) is 0 Å². The van der Waals surface area contributed by atoms with Crippen molar-refractivity contribution in [3.05, 3.63) is 255 Å². The van der Waals surface area contributed by atoms with Crippen LogP contribution in [0.1, 0.15) is 0 Å². The van der Waals surface area contributed by atoms with Crippen molar-refractivity contribution in [2.45, 2.75) is 0 Å². The van der Waals surface area contributed by atoms with E-state index in [4.69, 9.17) is 8.83 Å². The van der Waals surface area contributed by atoms with E-state index in [9.17, 15) is 0 Å². The van der Waals surface area contributed by atoms with Gasteiger partial charge in [0.15, 0.2) is 11.2 Å². The fourth-order valence-electron chi connectivity index (χ4n) is 11.2. The second kappa shape index (κ2) is 16.6. The minimum Gasteiger partial charge on any atom is -0.454 e. The van der Waals surface area contributed by atoms with Crippen LogP contribution in [0.4, 0.5) is 34.1 Å². The van der Waals surface area contributed by atoms with Crippen molar-refractivity contribution in [3.63, 3.8) is 0 Å². The van der Waals surface area contributed by atoms with Gasteiger partial charge in [-0.3, -0.25) is 0 Å². The molecule has 4 nitrogen and oxygen atoms in total. The molecule has 3 heterocycles. The monoisotopic (exact) mass is 950 g/mol. The SMILES string of the molecule is c1ccc(-c2ccc(N(c3ccc4c(ccc5sc6ccc7cc(N(c8ccc(-c9ccccc9)cc8)c8cccc9c8oc8ccccc89)ccc7c6c54)c3)c3cccc4c3oc3ccccc34)cc2)cc1. The van der Waals surface area contributed by atoms with Crippen LogP contribution in [0.2, 0.25) is 0 Å². The van der Waals surface area contributed by atoms with Gasteiger partial charge in [-0.15, -0.1) is 11.3 Å². The number of fused-ring (bicyclic) bond motifs is 13. The first kappa shape index (κ1) is 41.4. The van der Waals surface area contributed by atoms with Gasteiger partial charge in [0.1, 0.15) is 11.2 Å². The molecule has 73 heavy (non-hydrogen) atoms. The second-order valence-electron chi connectivity index (χ2n) is 18.8. The first-order chi connectivity index (χ1) is 36.2. The van der Waals surface area contributed by atoms with Gasteiger partial charge in [-0.25, -0.2) is 0 Å². The topological polar surface area (TPSA) is 32.8 Å². The molecular weight excluding hydrogens is 909 g/mol. The third-order valence-electron chi connectivity index (χ3n) is 14.6. The van der Waals surface area contributed by atoms with Crippen LogP contribution in [0.25, 0.3) is 108 Å². The highest BCUT2D eigenvalue weighted by Crippen LogP contribution is 2.48. The lowest BCUT2D eigenvalue weighted by Gasteiger charge is -2.26. The predicted octanol–water partition coefficient (Wildman–Crippen LogP) is 20.4. The summed E-state index contributed by atoms with van der Waals surface area (Å²) in [7, 11) is 0. The minimum absolute atomic E-state index is 0.859. The van der Waals surface area contributed by atoms with Crippen LogP contribution < -0.4 is 9.80 Å². The molecule has 0 saturated heterocycles. The van der Waals surface area contributed by atoms with Crippen LogP contribution in [0.5, 0.6) is 0 Å². The Hall–Kier alpha value is -9.42. The Balaban J connectivity index is 0.885. The predicted molar refractivity (Wildman–Crippen MR) is 309 cm³/mol. The summed E-state index contributed by atoms with van der Waals surface area (Å²) < 4.78 is 15.9. The Morgan fingerprint density at radius 2 is 0.658 bits per heavy atom. The van der Waals surface area contributed by atoms with Crippen molar-refractivity contribution < 1.29 is 8.83 Å². The molecule has 0 aliphatic rings. The van der Waals surface area contributed by atoms with E-state index in [0.29, 0.717) is 0 Å². The molecule has 0 aliphatic heterocycles. The molecule has 15 rings (SSSR count). The Morgan fingerprint density at radius 3 is 1.11 bits per heavy atom. The van der Waals surface area contributed by atoms with E-state index in [1.165, 1.54) is 64.0 Å². The van der Waals surface area contributed by atoms with Crippen LogP contribution in [0, 0.1) is 0 Å². The van der Waals surface area contributed by atoms with Crippen LogP contribution in [0.3, 0.4) is 0 Å². The summed E-state index contributed by atoms with van der Waals surface area (Å²) in [5.74, 6) is 0. The van der Waals surface area contributed by atoms with E-state index in [1.54, 1.807) is 0 Å². The number of anilines is 6. The molecule has 0 bridgehead atoms. The maximum Gasteiger partial charge on any atom is 0.159 e. The molecular formula is C68H42N2O2S. The molecule has 15 aromatic rings. The molecule has 0 unspecified atom stereocenters. The van der Waals surface area contributed by atoms with E-state index in [2.05, 4.69) is 252 Å². The number of hydrogen-bond acceptors (Lipinski definition) is 5. The maximum absolute atomic E-state index is 6.70. The van der Waals surface area contributed by atoms with Crippen molar-refractivity contribution in [2.24, 2.45) is 0 Å². The number of furan rings is 2. The number of rotatable bonds is 8. The van der Waals surface area contributed by atoms with Gasteiger partial charge in [0, 0.05) is 64.5 Å². The number of thiophene rings is 1. The largest absolute Gasteiger partial charge is 0.454 e. The van der Waals surface area contributed by atoms with Gasteiger partial charge in [-0.2, -0.15) is 0 Å². The quantitative estimate of drug-likeness (QED) is 0.152. The molecule has 12 aromatic carbocycles. The highest BCUT2D eigenvalue weighted by molar-refractivity contribution is 7.26. The molecule has 0 aliphatic carbocycles. The molecule has 3 aromatic heterocycles. The number of hydrogen-bond donors (Lipinski definition) is 0. The van der Waals surface area contributed by atoms with Crippen LogP contribution in [0.15, 0.2) is 264 Å². The lowest BCUT2D eigenvalue weighted by atomic mass is 9.98. The number of nitrogens with zero attached hydrogens (tertiary/aromatic N) is 2. The normalized spacial score (nSPS) is 11.8. The van der Waals surface area contributed by atoms with Gasteiger partial charge < -0.3 is 18.6 Å². The van der Waals surface area contributed by atoms with Crippen LogP contribution in [-0.2, 0) is 0 Å². The van der Waals surface area contributed by atoms with Crippen molar-refractivity contribution in [1.29, 1.82) is 0 Å². The summed E-state index contributed by atoms with van der Waals surface area (Å²) in [6.45, 7) is 0. The van der Waals surface area contributed by atoms with Gasteiger partial charge in [-0.1, -0.05) is 170 Å². The molecule has 0 atom stereocenters. The van der Waals surface area contributed by atoms with E-state index in [-0.39, 0.29) is 0 Å². The van der Waals surface area contributed by atoms with E-state index in [1.807, 2.05) is 23.5 Å². The third kappa shape index (κ3) is 6.74. The van der Waals surface area contributed by atoms with E-state index >= 15 is 0 Å². The summed E-state index contributed by atoms with van der Waals surface area (Å²) in [5.41, 5.74) is 14.4. The van der Waals surface area contributed by atoms with Gasteiger partial charge in [0.25, 0.3) is 0 Å². The average molecular weight is 951 g/mol. The Kier molecular flexibility index (Phi) is 9.41. The molecule has 342 valence electrons. The lowest BCUT2D eigenvalue weighted by Crippen LogP contribution is -2.10. The van der Waals surface area contributed by atoms with Crippen molar-refractivity contribution >= 4 is 131 Å². The lowest BCUT2D eigenvalue weighted by molar-refractivity contribution is 0.668. The Bertz CT molecular complexity index is 4320. The molecule has 5 heteroatoms. The van der Waals surface area contributed by atoms with E-state index in [0.717, 1.165) is 78.0 Å². The van der Waals surface area contributed by atoms with Crippen LogP contribution >= 0.6 is 11.3 Å². The van der Waals surface area contributed by atoms with Gasteiger partial charge >= 0.3 is 0 Å². The summed E-state index contributed by atoms with van der Waals surface area (Å²) in [4.78, 5) is 4.69.